The standard InChI is InChI=1S/C13H21N3O2/c17-12-5-3-11(4-6-12)15-13(18)14-7-10-16-8-1-2-9-16/h1-2,8-9,11-12,17H,3-7,10H2,(H2,14,15,18). The minimum absolute atomic E-state index is 0.108. The van der Waals surface area contributed by atoms with E-state index in [1.165, 1.54) is 0 Å². The Morgan fingerprint density at radius 1 is 1.22 bits per heavy atom. The third kappa shape index (κ3) is 4.07. The second-order valence-electron chi connectivity index (χ2n) is 4.83. The molecule has 5 nitrogen and oxygen atoms in total. The van der Waals surface area contributed by atoms with Crippen molar-refractivity contribution in [1.29, 1.82) is 0 Å². The fourth-order valence-corrected chi connectivity index (χ4v) is 2.27. The van der Waals surface area contributed by atoms with Crippen molar-refractivity contribution < 1.29 is 9.90 Å². The van der Waals surface area contributed by atoms with Gasteiger partial charge in [-0.2, -0.15) is 0 Å². The van der Waals surface area contributed by atoms with Crippen molar-refractivity contribution in [2.24, 2.45) is 0 Å². The van der Waals surface area contributed by atoms with E-state index < -0.39 is 0 Å². The number of carbonyl (C=O) groups excluding carboxylic acids is 1. The fourth-order valence-electron chi connectivity index (χ4n) is 2.27. The first-order chi connectivity index (χ1) is 8.74. The number of aromatic nitrogens is 1. The number of carbonyl (C=O) groups is 1. The van der Waals surface area contributed by atoms with Crippen LogP contribution in [0.2, 0.25) is 0 Å². The summed E-state index contributed by atoms with van der Waals surface area (Å²) in [7, 11) is 0. The molecule has 1 fully saturated rings. The van der Waals surface area contributed by atoms with Crippen LogP contribution in [0, 0.1) is 0 Å². The van der Waals surface area contributed by atoms with Gasteiger partial charge in [0, 0.05) is 31.5 Å². The van der Waals surface area contributed by atoms with Crippen LogP contribution in [0.4, 0.5) is 4.79 Å². The average Bonchev–Trinajstić information content (AvgIpc) is 2.85. The molecule has 1 aliphatic carbocycles. The number of aliphatic hydroxyl groups excluding tert-OH is 1. The van der Waals surface area contributed by atoms with Gasteiger partial charge in [-0.1, -0.05) is 0 Å². The SMILES string of the molecule is O=C(NCCn1cccc1)NC1CCC(O)CC1. The molecule has 1 aromatic rings. The van der Waals surface area contributed by atoms with Gasteiger partial charge in [-0.3, -0.25) is 0 Å². The second kappa shape index (κ2) is 6.44. The minimum atomic E-state index is -0.181. The maximum atomic E-state index is 11.6. The molecule has 2 amide bonds. The first kappa shape index (κ1) is 13.0. The first-order valence-corrected chi connectivity index (χ1v) is 6.57. The van der Waals surface area contributed by atoms with Gasteiger partial charge in [0.05, 0.1) is 6.10 Å². The predicted molar refractivity (Wildman–Crippen MR) is 69.2 cm³/mol. The molecule has 0 saturated heterocycles. The summed E-state index contributed by atoms with van der Waals surface area (Å²) in [6.07, 6.45) is 7.07. The quantitative estimate of drug-likeness (QED) is 0.750. The average molecular weight is 251 g/mol. The van der Waals surface area contributed by atoms with E-state index in [0.29, 0.717) is 6.54 Å². The van der Waals surface area contributed by atoms with Crippen LogP contribution >= 0.6 is 0 Å². The van der Waals surface area contributed by atoms with Gasteiger partial charge in [0.1, 0.15) is 0 Å². The molecule has 0 unspecified atom stereocenters. The Hall–Kier alpha value is -1.49. The van der Waals surface area contributed by atoms with Crippen molar-refractivity contribution in [3.8, 4) is 0 Å². The van der Waals surface area contributed by atoms with Gasteiger partial charge in [-0.15, -0.1) is 0 Å². The molecule has 5 heteroatoms. The van der Waals surface area contributed by atoms with Crippen LogP contribution in [-0.2, 0) is 6.54 Å². The lowest BCUT2D eigenvalue weighted by molar-refractivity contribution is 0.117. The summed E-state index contributed by atoms with van der Waals surface area (Å²) in [5.41, 5.74) is 0. The summed E-state index contributed by atoms with van der Waals surface area (Å²) < 4.78 is 2.03. The summed E-state index contributed by atoms with van der Waals surface area (Å²) in [4.78, 5) is 11.6. The van der Waals surface area contributed by atoms with Gasteiger partial charge in [0.25, 0.3) is 0 Å². The maximum absolute atomic E-state index is 11.6. The predicted octanol–water partition coefficient (Wildman–Crippen LogP) is 1.09. The molecule has 1 aromatic heterocycles. The lowest BCUT2D eigenvalue weighted by atomic mass is 9.93. The minimum Gasteiger partial charge on any atom is -0.393 e. The molecule has 1 aliphatic rings. The zero-order chi connectivity index (χ0) is 12.8. The third-order valence-electron chi connectivity index (χ3n) is 3.35. The Labute approximate surface area is 107 Å². The number of nitrogens with one attached hydrogen (secondary N) is 2. The fraction of sp³-hybridized carbons (Fsp3) is 0.615. The van der Waals surface area contributed by atoms with Crippen LogP contribution in [0.15, 0.2) is 24.5 Å². The van der Waals surface area contributed by atoms with Crippen LogP contribution in [-0.4, -0.2) is 34.4 Å². The summed E-state index contributed by atoms with van der Waals surface area (Å²) in [5, 5.41) is 15.2. The van der Waals surface area contributed by atoms with E-state index in [9.17, 15) is 9.90 Å². The van der Waals surface area contributed by atoms with E-state index in [1.54, 1.807) is 0 Å². The summed E-state index contributed by atoms with van der Waals surface area (Å²) in [6.45, 7) is 1.40. The molecule has 0 spiro atoms. The van der Waals surface area contributed by atoms with E-state index >= 15 is 0 Å². The molecule has 0 atom stereocenters. The molecule has 0 radical (unpaired) electrons. The smallest absolute Gasteiger partial charge is 0.315 e. The van der Waals surface area contributed by atoms with Crippen molar-refractivity contribution >= 4 is 6.03 Å². The number of urea groups is 1. The van der Waals surface area contributed by atoms with E-state index in [4.69, 9.17) is 0 Å². The Balaban J connectivity index is 1.60. The van der Waals surface area contributed by atoms with Crippen LogP contribution in [0.3, 0.4) is 0 Å². The Kier molecular flexibility index (Phi) is 4.64. The van der Waals surface area contributed by atoms with Gasteiger partial charge in [0.15, 0.2) is 0 Å². The molecule has 2 rings (SSSR count). The number of amides is 2. The first-order valence-electron chi connectivity index (χ1n) is 6.57. The van der Waals surface area contributed by atoms with Crippen molar-refractivity contribution in [1.82, 2.24) is 15.2 Å². The number of nitrogens with zero attached hydrogens (tertiary/aromatic N) is 1. The highest BCUT2D eigenvalue weighted by molar-refractivity contribution is 5.74. The van der Waals surface area contributed by atoms with Gasteiger partial charge < -0.3 is 20.3 Å². The maximum Gasteiger partial charge on any atom is 0.315 e. The number of rotatable bonds is 4. The van der Waals surface area contributed by atoms with Crippen LogP contribution in [0.1, 0.15) is 25.7 Å². The Morgan fingerprint density at radius 3 is 2.56 bits per heavy atom. The summed E-state index contributed by atoms with van der Waals surface area (Å²) >= 11 is 0. The van der Waals surface area contributed by atoms with Gasteiger partial charge in [0.2, 0.25) is 0 Å². The Morgan fingerprint density at radius 2 is 1.89 bits per heavy atom. The molecule has 1 heterocycles. The second-order valence-corrected chi connectivity index (χ2v) is 4.83. The highest BCUT2D eigenvalue weighted by Gasteiger charge is 2.20. The van der Waals surface area contributed by atoms with Crippen LogP contribution < -0.4 is 10.6 Å². The van der Waals surface area contributed by atoms with Crippen molar-refractivity contribution in [2.45, 2.75) is 44.4 Å². The zero-order valence-corrected chi connectivity index (χ0v) is 10.5. The molecule has 0 aromatic carbocycles. The molecular formula is C13H21N3O2. The lowest BCUT2D eigenvalue weighted by Crippen LogP contribution is -2.44. The van der Waals surface area contributed by atoms with Gasteiger partial charge in [-0.25, -0.2) is 4.79 Å². The zero-order valence-electron chi connectivity index (χ0n) is 10.5. The molecular weight excluding hydrogens is 230 g/mol. The van der Waals surface area contributed by atoms with Gasteiger partial charge >= 0.3 is 6.03 Å². The molecule has 0 aliphatic heterocycles. The third-order valence-corrected chi connectivity index (χ3v) is 3.35. The van der Waals surface area contributed by atoms with Crippen molar-refractivity contribution in [3.63, 3.8) is 0 Å². The molecule has 1 saturated carbocycles. The summed E-state index contributed by atoms with van der Waals surface area (Å²) in [6, 6.07) is 4.03. The molecule has 3 N–H and O–H groups in total. The monoisotopic (exact) mass is 251 g/mol. The van der Waals surface area contributed by atoms with Crippen LogP contribution in [0.5, 0.6) is 0 Å². The van der Waals surface area contributed by atoms with Crippen LogP contribution in [0.25, 0.3) is 0 Å². The highest BCUT2D eigenvalue weighted by Crippen LogP contribution is 2.17. The molecule has 100 valence electrons. The lowest BCUT2D eigenvalue weighted by Gasteiger charge is -2.26. The largest absolute Gasteiger partial charge is 0.393 e. The van der Waals surface area contributed by atoms with E-state index in [2.05, 4.69) is 10.6 Å². The topological polar surface area (TPSA) is 66.3 Å². The number of hydrogen-bond acceptors (Lipinski definition) is 2. The number of hydrogen-bond donors (Lipinski definition) is 3. The van der Waals surface area contributed by atoms with E-state index in [-0.39, 0.29) is 18.2 Å². The van der Waals surface area contributed by atoms with E-state index in [0.717, 1.165) is 32.2 Å². The summed E-state index contributed by atoms with van der Waals surface area (Å²) in [5.74, 6) is 0. The number of aliphatic hydroxyl groups is 1. The highest BCUT2D eigenvalue weighted by atomic mass is 16.3. The molecule has 0 bridgehead atoms. The van der Waals surface area contributed by atoms with Crippen molar-refractivity contribution in [3.05, 3.63) is 24.5 Å². The van der Waals surface area contributed by atoms with E-state index in [1.807, 2.05) is 29.1 Å². The molecule has 18 heavy (non-hydrogen) atoms. The normalized spacial score (nSPS) is 23.6. The Bertz CT molecular complexity index is 356. The van der Waals surface area contributed by atoms with Crippen molar-refractivity contribution in [2.75, 3.05) is 6.54 Å². The van der Waals surface area contributed by atoms with Gasteiger partial charge in [-0.05, 0) is 37.8 Å².